The molecule has 24 heavy (non-hydrogen) atoms. The van der Waals surface area contributed by atoms with Crippen LogP contribution in [-0.4, -0.2) is 16.6 Å². The Labute approximate surface area is 146 Å². The van der Waals surface area contributed by atoms with Crippen molar-refractivity contribution < 1.29 is 4.74 Å². The van der Waals surface area contributed by atoms with Gasteiger partial charge in [0.2, 0.25) is 0 Å². The van der Waals surface area contributed by atoms with Crippen molar-refractivity contribution in [1.82, 2.24) is 9.97 Å². The van der Waals surface area contributed by atoms with Crippen molar-refractivity contribution in [2.24, 2.45) is 0 Å². The first kappa shape index (κ1) is 18.4. The first-order valence-electron chi connectivity index (χ1n) is 9.31. The lowest BCUT2D eigenvalue weighted by Crippen LogP contribution is -1.97. The number of nitrogens with zero attached hydrogens (tertiary/aromatic N) is 2. The minimum Gasteiger partial charge on any atom is -0.494 e. The highest BCUT2D eigenvalue weighted by Crippen LogP contribution is 2.19. The predicted molar refractivity (Wildman–Crippen MR) is 100 cm³/mol. The monoisotopic (exact) mass is 326 g/mol. The molecule has 0 spiro atoms. The van der Waals surface area contributed by atoms with Crippen molar-refractivity contribution in [3.63, 3.8) is 0 Å². The minimum atomic E-state index is 0.759. The lowest BCUT2D eigenvalue weighted by molar-refractivity contribution is 0.304. The van der Waals surface area contributed by atoms with Gasteiger partial charge < -0.3 is 4.74 Å². The molecule has 0 N–H and O–H groups in total. The van der Waals surface area contributed by atoms with Crippen molar-refractivity contribution in [1.29, 1.82) is 0 Å². The molecule has 0 fully saturated rings. The van der Waals surface area contributed by atoms with E-state index in [9.17, 15) is 0 Å². The van der Waals surface area contributed by atoms with Crippen molar-refractivity contribution >= 4 is 0 Å². The van der Waals surface area contributed by atoms with Crippen LogP contribution >= 0.6 is 0 Å². The molecule has 2 aromatic rings. The summed E-state index contributed by atoms with van der Waals surface area (Å²) < 4.78 is 5.82. The standard InChI is InChI=1S/C21H30N2O/c1-3-4-5-6-7-8-9-10-15-24-20-13-11-19(12-14-20)21-22-16-18(2)17-23-21/h11-14,16-17H,3-10,15H2,1-2H3. The highest BCUT2D eigenvalue weighted by atomic mass is 16.5. The van der Waals surface area contributed by atoms with Gasteiger partial charge in [0.25, 0.3) is 0 Å². The average Bonchev–Trinajstić information content (AvgIpc) is 2.62. The Hall–Kier alpha value is -1.90. The van der Waals surface area contributed by atoms with E-state index in [4.69, 9.17) is 4.74 Å². The molecule has 0 amide bonds. The van der Waals surface area contributed by atoms with Gasteiger partial charge >= 0.3 is 0 Å². The van der Waals surface area contributed by atoms with Gasteiger partial charge in [-0.15, -0.1) is 0 Å². The zero-order valence-electron chi connectivity index (χ0n) is 15.1. The van der Waals surface area contributed by atoms with Gasteiger partial charge in [-0.3, -0.25) is 0 Å². The molecule has 0 unspecified atom stereocenters. The zero-order valence-corrected chi connectivity index (χ0v) is 15.1. The minimum absolute atomic E-state index is 0.759. The summed E-state index contributed by atoms with van der Waals surface area (Å²) in [5, 5.41) is 0. The van der Waals surface area contributed by atoms with Crippen LogP contribution in [0.15, 0.2) is 36.7 Å². The van der Waals surface area contributed by atoms with E-state index < -0.39 is 0 Å². The smallest absolute Gasteiger partial charge is 0.159 e. The van der Waals surface area contributed by atoms with E-state index in [1.807, 2.05) is 43.6 Å². The van der Waals surface area contributed by atoms with Gasteiger partial charge in [-0.25, -0.2) is 9.97 Å². The van der Waals surface area contributed by atoms with Crippen LogP contribution in [0, 0.1) is 6.92 Å². The number of hydrogen-bond acceptors (Lipinski definition) is 3. The number of benzene rings is 1. The van der Waals surface area contributed by atoms with Gasteiger partial charge in [0.1, 0.15) is 5.75 Å². The van der Waals surface area contributed by atoms with Crippen LogP contribution in [0.2, 0.25) is 0 Å². The Kier molecular flexibility index (Phi) is 8.29. The Balaban J connectivity index is 1.63. The second-order valence-corrected chi connectivity index (χ2v) is 6.43. The fraction of sp³-hybridized carbons (Fsp3) is 0.524. The third-order valence-corrected chi connectivity index (χ3v) is 4.16. The summed E-state index contributed by atoms with van der Waals surface area (Å²) in [6.45, 7) is 5.05. The molecule has 0 aliphatic carbocycles. The van der Waals surface area contributed by atoms with E-state index in [1.54, 1.807) is 0 Å². The SMILES string of the molecule is CCCCCCCCCCOc1ccc(-c2ncc(C)cn2)cc1. The molecule has 3 heteroatoms. The van der Waals surface area contributed by atoms with E-state index in [2.05, 4.69) is 16.9 Å². The van der Waals surface area contributed by atoms with Crippen LogP contribution < -0.4 is 4.74 Å². The highest BCUT2D eigenvalue weighted by molar-refractivity contribution is 5.55. The molecule has 2 rings (SSSR count). The van der Waals surface area contributed by atoms with Crippen molar-refractivity contribution in [3.05, 3.63) is 42.2 Å². The summed E-state index contributed by atoms with van der Waals surface area (Å²) >= 11 is 0. The molecular weight excluding hydrogens is 296 g/mol. The zero-order chi connectivity index (χ0) is 17.0. The fourth-order valence-electron chi connectivity index (χ4n) is 2.67. The largest absolute Gasteiger partial charge is 0.494 e. The quantitative estimate of drug-likeness (QED) is 0.477. The van der Waals surface area contributed by atoms with Gasteiger partial charge in [0.05, 0.1) is 6.61 Å². The molecule has 0 aliphatic rings. The second-order valence-electron chi connectivity index (χ2n) is 6.43. The normalized spacial score (nSPS) is 10.8. The van der Waals surface area contributed by atoms with Crippen LogP contribution in [0.1, 0.15) is 63.9 Å². The van der Waals surface area contributed by atoms with Gasteiger partial charge in [-0.05, 0) is 43.2 Å². The van der Waals surface area contributed by atoms with E-state index in [1.165, 1.54) is 44.9 Å². The third-order valence-electron chi connectivity index (χ3n) is 4.16. The van der Waals surface area contributed by atoms with Crippen LogP contribution in [0.25, 0.3) is 11.4 Å². The van der Waals surface area contributed by atoms with Crippen LogP contribution in [0.3, 0.4) is 0 Å². The van der Waals surface area contributed by atoms with E-state index in [0.717, 1.165) is 35.7 Å². The molecule has 0 bridgehead atoms. The molecule has 0 aliphatic heterocycles. The molecule has 0 atom stereocenters. The second kappa shape index (κ2) is 10.8. The lowest BCUT2D eigenvalue weighted by Gasteiger charge is -2.07. The average molecular weight is 326 g/mol. The summed E-state index contributed by atoms with van der Waals surface area (Å²) in [5.74, 6) is 1.68. The number of rotatable bonds is 11. The Morgan fingerprint density at radius 3 is 2.00 bits per heavy atom. The van der Waals surface area contributed by atoms with Crippen molar-refractivity contribution in [2.75, 3.05) is 6.61 Å². The Morgan fingerprint density at radius 2 is 1.38 bits per heavy atom. The lowest BCUT2D eigenvalue weighted by atomic mass is 10.1. The fourth-order valence-corrected chi connectivity index (χ4v) is 2.67. The molecule has 0 radical (unpaired) electrons. The molecule has 3 nitrogen and oxygen atoms in total. The molecule has 1 aromatic carbocycles. The van der Waals surface area contributed by atoms with E-state index >= 15 is 0 Å². The van der Waals surface area contributed by atoms with E-state index in [0.29, 0.717) is 0 Å². The number of ether oxygens (including phenoxy) is 1. The van der Waals surface area contributed by atoms with Crippen LogP contribution in [0.5, 0.6) is 5.75 Å². The predicted octanol–water partition coefficient (Wildman–Crippen LogP) is 5.97. The van der Waals surface area contributed by atoms with E-state index in [-0.39, 0.29) is 0 Å². The summed E-state index contributed by atoms with van der Waals surface area (Å²) in [7, 11) is 0. The van der Waals surface area contributed by atoms with Crippen molar-refractivity contribution in [2.45, 2.75) is 65.2 Å². The summed E-state index contributed by atoms with van der Waals surface area (Å²) in [5.41, 5.74) is 2.10. The first-order valence-corrected chi connectivity index (χ1v) is 9.31. The molecule has 1 heterocycles. The molecule has 130 valence electrons. The molecule has 0 saturated carbocycles. The molecular formula is C21H30N2O. The summed E-state index contributed by atoms with van der Waals surface area (Å²) in [6.07, 6.45) is 14.3. The Morgan fingerprint density at radius 1 is 0.792 bits per heavy atom. The molecule has 0 saturated heterocycles. The molecule has 1 aromatic heterocycles. The summed E-state index contributed by atoms with van der Waals surface area (Å²) in [4.78, 5) is 8.70. The summed E-state index contributed by atoms with van der Waals surface area (Å²) in [6, 6.07) is 8.05. The first-order chi connectivity index (χ1) is 11.8. The number of hydrogen-bond donors (Lipinski definition) is 0. The highest BCUT2D eigenvalue weighted by Gasteiger charge is 2.01. The van der Waals surface area contributed by atoms with Gasteiger partial charge in [0, 0.05) is 18.0 Å². The Bertz CT molecular complexity index is 563. The van der Waals surface area contributed by atoms with Gasteiger partial charge in [0.15, 0.2) is 5.82 Å². The van der Waals surface area contributed by atoms with Crippen LogP contribution in [0.4, 0.5) is 0 Å². The maximum absolute atomic E-state index is 5.82. The maximum Gasteiger partial charge on any atom is 0.159 e. The third kappa shape index (κ3) is 6.69. The number of aromatic nitrogens is 2. The van der Waals surface area contributed by atoms with Crippen LogP contribution in [-0.2, 0) is 0 Å². The number of unbranched alkanes of at least 4 members (excludes halogenated alkanes) is 7. The maximum atomic E-state index is 5.82. The van der Waals surface area contributed by atoms with Crippen molar-refractivity contribution in [3.8, 4) is 17.1 Å². The topological polar surface area (TPSA) is 35.0 Å². The number of aryl methyl sites for hydroxylation is 1. The van der Waals surface area contributed by atoms with Gasteiger partial charge in [-0.1, -0.05) is 51.9 Å². The van der Waals surface area contributed by atoms with Gasteiger partial charge in [-0.2, -0.15) is 0 Å².